The SMILES string of the molecule is CCC(C)c1ccc(OC(c2ccc(C)cc2)c2ccc(C)cc2)cc1. The minimum atomic E-state index is -0.106. The molecule has 0 aliphatic carbocycles. The van der Waals surface area contributed by atoms with E-state index in [9.17, 15) is 0 Å². The van der Waals surface area contributed by atoms with Crippen LogP contribution in [0.25, 0.3) is 0 Å². The zero-order chi connectivity index (χ0) is 18.5. The highest BCUT2D eigenvalue weighted by molar-refractivity contribution is 5.36. The normalized spacial score (nSPS) is 12.2. The molecule has 1 nitrogen and oxygen atoms in total. The summed E-state index contributed by atoms with van der Waals surface area (Å²) >= 11 is 0. The van der Waals surface area contributed by atoms with Crippen molar-refractivity contribution in [2.75, 3.05) is 0 Å². The van der Waals surface area contributed by atoms with Crippen LogP contribution in [0.5, 0.6) is 5.75 Å². The van der Waals surface area contributed by atoms with Gasteiger partial charge in [-0.1, -0.05) is 85.6 Å². The summed E-state index contributed by atoms with van der Waals surface area (Å²) in [6.07, 6.45) is 1.04. The number of rotatable bonds is 6. The van der Waals surface area contributed by atoms with Gasteiger partial charge in [-0.25, -0.2) is 0 Å². The van der Waals surface area contributed by atoms with Gasteiger partial charge in [-0.15, -0.1) is 0 Å². The molecule has 1 heteroatoms. The van der Waals surface area contributed by atoms with Crippen molar-refractivity contribution >= 4 is 0 Å². The van der Waals surface area contributed by atoms with Crippen LogP contribution in [0.1, 0.15) is 60.1 Å². The third kappa shape index (κ3) is 4.35. The zero-order valence-corrected chi connectivity index (χ0v) is 16.2. The number of ether oxygens (including phenoxy) is 1. The van der Waals surface area contributed by atoms with Gasteiger partial charge in [-0.2, -0.15) is 0 Å². The van der Waals surface area contributed by atoms with Crippen LogP contribution in [0.3, 0.4) is 0 Å². The minimum absolute atomic E-state index is 0.106. The summed E-state index contributed by atoms with van der Waals surface area (Å²) in [5, 5.41) is 0. The molecular formula is C25H28O. The van der Waals surface area contributed by atoms with Crippen molar-refractivity contribution in [1.29, 1.82) is 0 Å². The standard InChI is InChI=1S/C25H28O/c1-5-20(4)21-14-16-24(17-15-21)26-25(22-10-6-18(2)7-11-22)23-12-8-19(3)9-13-23/h6-17,20,25H,5H2,1-4H3. The Morgan fingerprint density at radius 3 is 1.50 bits per heavy atom. The number of hydrogen-bond donors (Lipinski definition) is 0. The summed E-state index contributed by atoms with van der Waals surface area (Å²) in [4.78, 5) is 0. The fourth-order valence-electron chi connectivity index (χ4n) is 3.06. The zero-order valence-electron chi connectivity index (χ0n) is 16.2. The molecule has 3 aromatic carbocycles. The lowest BCUT2D eigenvalue weighted by molar-refractivity contribution is 0.247. The van der Waals surface area contributed by atoms with Crippen LogP contribution >= 0.6 is 0 Å². The van der Waals surface area contributed by atoms with E-state index < -0.39 is 0 Å². The highest BCUT2D eigenvalue weighted by Gasteiger charge is 2.16. The van der Waals surface area contributed by atoms with Gasteiger partial charge in [-0.3, -0.25) is 0 Å². The molecule has 26 heavy (non-hydrogen) atoms. The van der Waals surface area contributed by atoms with Gasteiger partial charge in [0.1, 0.15) is 11.9 Å². The maximum Gasteiger partial charge on any atom is 0.149 e. The lowest BCUT2D eigenvalue weighted by atomic mass is 9.98. The van der Waals surface area contributed by atoms with E-state index in [1.54, 1.807) is 0 Å². The smallest absolute Gasteiger partial charge is 0.149 e. The molecule has 0 heterocycles. The van der Waals surface area contributed by atoms with Gasteiger partial charge in [-0.05, 0) is 55.0 Å². The Kier molecular flexibility index (Phi) is 5.78. The Morgan fingerprint density at radius 2 is 1.08 bits per heavy atom. The van der Waals surface area contributed by atoms with Crippen LogP contribution in [0.2, 0.25) is 0 Å². The monoisotopic (exact) mass is 344 g/mol. The maximum absolute atomic E-state index is 6.43. The first kappa shape index (κ1) is 18.3. The van der Waals surface area contributed by atoms with Gasteiger partial charge in [0, 0.05) is 0 Å². The first-order chi connectivity index (χ1) is 12.6. The average Bonchev–Trinajstić information content (AvgIpc) is 2.67. The van der Waals surface area contributed by atoms with Gasteiger partial charge >= 0.3 is 0 Å². The van der Waals surface area contributed by atoms with E-state index in [4.69, 9.17) is 4.74 Å². The molecule has 0 saturated carbocycles. The third-order valence-electron chi connectivity index (χ3n) is 5.08. The van der Waals surface area contributed by atoms with Crippen LogP contribution in [0.4, 0.5) is 0 Å². The van der Waals surface area contributed by atoms with Crippen LogP contribution < -0.4 is 4.74 Å². The van der Waals surface area contributed by atoms with E-state index in [2.05, 4.69) is 100 Å². The first-order valence-electron chi connectivity index (χ1n) is 9.46. The molecule has 1 atom stereocenters. The second-order valence-corrected chi connectivity index (χ2v) is 7.20. The van der Waals surface area contributed by atoms with E-state index in [1.165, 1.54) is 27.8 Å². The molecule has 0 fully saturated rings. The number of hydrogen-bond acceptors (Lipinski definition) is 1. The fraction of sp³-hybridized carbons (Fsp3) is 0.280. The largest absolute Gasteiger partial charge is 0.481 e. The van der Waals surface area contributed by atoms with E-state index in [1.807, 2.05) is 0 Å². The van der Waals surface area contributed by atoms with Gasteiger partial charge < -0.3 is 4.74 Å². The quantitative estimate of drug-likeness (QED) is 0.468. The molecule has 134 valence electrons. The molecule has 0 aliphatic rings. The van der Waals surface area contributed by atoms with Crippen molar-refractivity contribution < 1.29 is 4.74 Å². The first-order valence-corrected chi connectivity index (χ1v) is 9.46. The van der Waals surface area contributed by atoms with E-state index in [0.29, 0.717) is 5.92 Å². The Morgan fingerprint density at radius 1 is 0.654 bits per heavy atom. The predicted molar refractivity (Wildman–Crippen MR) is 110 cm³/mol. The molecular weight excluding hydrogens is 316 g/mol. The number of aryl methyl sites for hydroxylation is 2. The predicted octanol–water partition coefficient (Wildman–Crippen LogP) is 6.99. The van der Waals surface area contributed by atoms with Gasteiger partial charge in [0.05, 0.1) is 0 Å². The van der Waals surface area contributed by atoms with Gasteiger partial charge in [0.2, 0.25) is 0 Å². The average molecular weight is 344 g/mol. The van der Waals surface area contributed by atoms with Gasteiger partial charge in [0.25, 0.3) is 0 Å². The van der Waals surface area contributed by atoms with Crippen molar-refractivity contribution in [2.45, 2.75) is 46.1 Å². The molecule has 3 aromatic rings. The second kappa shape index (κ2) is 8.23. The van der Waals surface area contributed by atoms with Crippen molar-refractivity contribution in [3.05, 3.63) is 101 Å². The van der Waals surface area contributed by atoms with Crippen LogP contribution in [-0.4, -0.2) is 0 Å². The topological polar surface area (TPSA) is 9.23 Å². The molecule has 1 unspecified atom stereocenters. The highest BCUT2D eigenvalue weighted by atomic mass is 16.5. The molecule has 0 radical (unpaired) electrons. The Labute approximate surface area is 157 Å². The van der Waals surface area contributed by atoms with E-state index in [-0.39, 0.29) is 6.10 Å². The van der Waals surface area contributed by atoms with Crippen molar-refractivity contribution in [3.8, 4) is 5.75 Å². The molecule has 0 amide bonds. The van der Waals surface area contributed by atoms with Crippen molar-refractivity contribution in [1.82, 2.24) is 0 Å². The molecule has 0 aromatic heterocycles. The summed E-state index contributed by atoms with van der Waals surface area (Å²) in [5.74, 6) is 1.48. The molecule has 0 saturated heterocycles. The van der Waals surface area contributed by atoms with Crippen molar-refractivity contribution in [2.24, 2.45) is 0 Å². The maximum atomic E-state index is 6.43. The highest BCUT2D eigenvalue weighted by Crippen LogP contribution is 2.30. The molecule has 0 N–H and O–H groups in total. The summed E-state index contributed by atoms with van der Waals surface area (Å²) in [5.41, 5.74) is 6.22. The third-order valence-corrected chi connectivity index (χ3v) is 5.08. The van der Waals surface area contributed by atoms with E-state index in [0.717, 1.165) is 12.2 Å². The molecule has 0 bridgehead atoms. The summed E-state index contributed by atoms with van der Waals surface area (Å²) < 4.78 is 6.43. The Bertz CT molecular complexity index is 768. The van der Waals surface area contributed by atoms with Crippen LogP contribution in [0.15, 0.2) is 72.8 Å². The molecule has 0 aliphatic heterocycles. The molecule has 3 rings (SSSR count). The fourth-order valence-corrected chi connectivity index (χ4v) is 3.06. The summed E-state index contributed by atoms with van der Waals surface area (Å²) in [6.45, 7) is 8.70. The Balaban J connectivity index is 1.90. The van der Waals surface area contributed by atoms with E-state index >= 15 is 0 Å². The van der Waals surface area contributed by atoms with Crippen LogP contribution in [0, 0.1) is 13.8 Å². The van der Waals surface area contributed by atoms with Gasteiger partial charge in [0.15, 0.2) is 0 Å². The lowest BCUT2D eigenvalue weighted by Crippen LogP contribution is -2.09. The van der Waals surface area contributed by atoms with Crippen LogP contribution in [-0.2, 0) is 0 Å². The number of benzene rings is 3. The lowest BCUT2D eigenvalue weighted by Gasteiger charge is -2.21. The second-order valence-electron chi connectivity index (χ2n) is 7.20. The summed E-state index contributed by atoms with van der Waals surface area (Å²) in [6, 6.07) is 25.8. The Hall–Kier alpha value is -2.54. The molecule has 0 spiro atoms. The van der Waals surface area contributed by atoms with Crippen molar-refractivity contribution in [3.63, 3.8) is 0 Å². The minimum Gasteiger partial charge on any atom is -0.481 e. The summed E-state index contributed by atoms with van der Waals surface area (Å²) in [7, 11) is 0.